The van der Waals surface area contributed by atoms with Crippen molar-refractivity contribution in [3.8, 4) is 23.1 Å². The van der Waals surface area contributed by atoms with Crippen molar-refractivity contribution in [2.45, 2.75) is 49.8 Å². The Morgan fingerprint density at radius 1 is 1.20 bits per heavy atom. The van der Waals surface area contributed by atoms with Crippen molar-refractivity contribution >= 4 is 5.91 Å². The van der Waals surface area contributed by atoms with Gasteiger partial charge in [0, 0.05) is 44.8 Å². The monoisotopic (exact) mass is 543 g/mol. The molecule has 0 bridgehead atoms. The molecule has 210 valence electrons. The highest BCUT2D eigenvalue weighted by molar-refractivity contribution is 5.98. The molecular weight excluding hydrogens is 506 g/mol. The van der Waals surface area contributed by atoms with Gasteiger partial charge in [0.25, 0.3) is 5.91 Å². The minimum absolute atomic E-state index is 0.0616. The number of nitrogens with zero attached hydrogens (tertiary/aromatic N) is 4. The number of nitrogens with one attached hydrogen (secondary N) is 1. The fourth-order valence-corrected chi connectivity index (χ4v) is 6.02. The van der Waals surface area contributed by atoms with E-state index in [9.17, 15) is 9.90 Å². The fourth-order valence-electron chi connectivity index (χ4n) is 6.02. The summed E-state index contributed by atoms with van der Waals surface area (Å²) in [6, 6.07) is 18.7. The first-order valence-electron chi connectivity index (χ1n) is 14.0. The van der Waals surface area contributed by atoms with Gasteiger partial charge in [-0.1, -0.05) is 43.2 Å². The summed E-state index contributed by atoms with van der Waals surface area (Å²) in [6.07, 6.45) is 5.72. The Bertz CT molecular complexity index is 1320. The lowest BCUT2D eigenvalue weighted by atomic mass is 9.80. The van der Waals surface area contributed by atoms with Crippen LogP contribution in [-0.2, 0) is 4.74 Å². The van der Waals surface area contributed by atoms with Crippen LogP contribution in [0.25, 0.3) is 11.3 Å². The molecule has 2 fully saturated rings. The predicted octanol–water partition coefficient (Wildman–Crippen LogP) is 3.80. The maximum Gasteiger partial charge on any atom is 0.275 e. The predicted molar refractivity (Wildman–Crippen MR) is 151 cm³/mol. The lowest BCUT2D eigenvalue weighted by Crippen LogP contribution is -2.54. The van der Waals surface area contributed by atoms with E-state index in [4.69, 9.17) is 14.7 Å². The van der Waals surface area contributed by atoms with Gasteiger partial charge >= 0.3 is 0 Å². The van der Waals surface area contributed by atoms with Crippen molar-refractivity contribution < 1.29 is 19.4 Å². The highest BCUT2D eigenvalue weighted by Crippen LogP contribution is 2.41. The summed E-state index contributed by atoms with van der Waals surface area (Å²) in [6.45, 7) is 2.61. The summed E-state index contributed by atoms with van der Waals surface area (Å²) in [7, 11) is 1.61. The molecule has 1 saturated heterocycles. The first-order chi connectivity index (χ1) is 19.5. The summed E-state index contributed by atoms with van der Waals surface area (Å²) < 4.78 is 13.4. The standard InChI is InChI=1S/C31H37N5O4/c1-39-21-31(38)15-6-5-9-27(31)36-22-34-28(29(36)24-7-3-2-4-8-24)30(37)35-17-16-33-20-25(35)14-18-40-26-12-10-23(19-32)11-13-26/h2-4,7-8,10-13,22,25,27,33,38H,5-6,9,14-18,20-21H2,1H3/t25-,27-,31-/m1/s1. The second kappa shape index (κ2) is 12.6. The molecule has 3 atom stereocenters. The van der Waals surface area contributed by atoms with Gasteiger partial charge in [0.15, 0.2) is 5.69 Å². The number of aromatic nitrogens is 2. The number of nitriles is 1. The van der Waals surface area contributed by atoms with Crippen LogP contribution in [0.1, 0.15) is 54.2 Å². The fraction of sp³-hybridized carbons (Fsp3) is 0.452. The first kappa shape index (κ1) is 27.8. The van der Waals surface area contributed by atoms with Crippen LogP contribution >= 0.6 is 0 Å². The second-order valence-electron chi connectivity index (χ2n) is 10.6. The van der Waals surface area contributed by atoms with E-state index in [1.165, 1.54) is 0 Å². The van der Waals surface area contributed by atoms with Gasteiger partial charge in [0.05, 0.1) is 42.9 Å². The van der Waals surface area contributed by atoms with Gasteiger partial charge < -0.3 is 29.4 Å². The number of piperazine rings is 1. The smallest absolute Gasteiger partial charge is 0.275 e. The van der Waals surface area contributed by atoms with Crippen LogP contribution in [0, 0.1) is 11.3 Å². The summed E-state index contributed by atoms with van der Waals surface area (Å²) in [5.41, 5.74) is 1.58. The molecule has 2 aromatic carbocycles. The van der Waals surface area contributed by atoms with E-state index < -0.39 is 5.60 Å². The minimum Gasteiger partial charge on any atom is -0.494 e. The van der Waals surface area contributed by atoms with Gasteiger partial charge in [-0.2, -0.15) is 5.26 Å². The van der Waals surface area contributed by atoms with Crippen LogP contribution in [0.3, 0.4) is 0 Å². The van der Waals surface area contributed by atoms with Crippen LogP contribution in [0.4, 0.5) is 0 Å². The Balaban J connectivity index is 1.40. The molecule has 2 heterocycles. The maximum atomic E-state index is 14.2. The summed E-state index contributed by atoms with van der Waals surface area (Å²) >= 11 is 0. The number of aliphatic hydroxyl groups is 1. The van der Waals surface area contributed by atoms with Crippen LogP contribution in [-0.4, -0.2) is 77.1 Å². The number of methoxy groups -OCH3 is 1. The molecule has 0 spiro atoms. The van der Waals surface area contributed by atoms with Crippen molar-refractivity contribution in [3.05, 3.63) is 72.2 Å². The van der Waals surface area contributed by atoms with Gasteiger partial charge in [0.2, 0.25) is 0 Å². The third kappa shape index (κ3) is 5.89. The van der Waals surface area contributed by atoms with Crippen LogP contribution in [0.2, 0.25) is 0 Å². The lowest BCUT2D eigenvalue weighted by Gasteiger charge is -2.41. The Morgan fingerprint density at radius 3 is 2.75 bits per heavy atom. The molecule has 40 heavy (non-hydrogen) atoms. The number of ether oxygens (including phenoxy) is 2. The van der Waals surface area contributed by atoms with Crippen molar-refractivity contribution in [2.75, 3.05) is 40.0 Å². The van der Waals surface area contributed by atoms with Gasteiger partial charge in [-0.05, 0) is 37.1 Å². The summed E-state index contributed by atoms with van der Waals surface area (Å²) in [5, 5.41) is 24.0. The van der Waals surface area contributed by atoms with Crippen molar-refractivity contribution in [2.24, 2.45) is 0 Å². The van der Waals surface area contributed by atoms with Crippen LogP contribution < -0.4 is 10.1 Å². The van der Waals surface area contributed by atoms with Crippen LogP contribution in [0.5, 0.6) is 5.75 Å². The molecule has 2 N–H and O–H groups in total. The quantitative estimate of drug-likeness (QED) is 0.422. The number of rotatable bonds is 9. The maximum absolute atomic E-state index is 14.2. The number of benzene rings is 2. The second-order valence-corrected chi connectivity index (χ2v) is 10.6. The zero-order valence-electron chi connectivity index (χ0n) is 23.0. The zero-order valence-corrected chi connectivity index (χ0v) is 23.0. The molecular formula is C31H37N5O4. The van der Waals surface area contributed by atoms with E-state index in [1.54, 1.807) is 37.7 Å². The van der Waals surface area contributed by atoms with E-state index in [0.717, 1.165) is 30.5 Å². The highest BCUT2D eigenvalue weighted by Gasteiger charge is 2.42. The average Bonchev–Trinajstić information content (AvgIpc) is 3.43. The SMILES string of the molecule is COC[C@]1(O)CCCC[C@H]1n1cnc(C(=O)N2CCNC[C@H]2CCOc2ccc(C#N)cc2)c1-c1ccccc1. The Kier molecular flexibility index (Phi) is 8.80. The highest BCUT2D eigenvalue weighted by atomic mass is 16.5. The van der Waals surface area contributed by atoms with Gasteiger partial charge in [0.1, 0.15) is 11.4 Å². The number of imidazole rings is 1. The van der Waals surface area contributed by atoms with E-state index in [0.29, 0.717) is 56.1 Å². The molecule has 1 aliphatic carbocycles. The largest absolute Gasteiger partial charge is 0.494 e. The minimum atomic E-state index is -1.03. The van der Waals surface area contributed by atoms with E-state index in [-0.39, 0.29) is 24.6 Å². The van der Waals surface area contributed by atoms with Crippen molar-refractivity contribution in [1.29, 1.82) is 5.26 Å². The number of amides is 1. The van der Waals surface area contributed by atoms with E-state index in [2.05, 4.69) is 16.4 Å². The molecule has 2 aliphatic rings. The van der Waals surface area contributed by atoms with Crippen molar-refractivity contribution in [1.82, 2.24) is 19.8 Å². The zero-order chi connectivity index (χ0) is 28.0. The molecule has 3 aromatic rings. The topological polar surface area (TPSA) is 113 Å². The molecule has 9 nitrogen and oxygen atoms in total. The number of carbonyl (C=O) groups is 1. The van der Waals surface area contributed by atoms with E-state index >= 15 is 0 Å². The third-order valence-corrected chi connectivity index (χ3v) is 8.05. The van der Waals surface area contributed by atoms with Crippen molar-refractivity contribution in [3.63, 3.8) is 0 Å². The number of hydrogen-bond donors (Lipinski definition) is 2. The Morgan fingerprint density at radius 2 is 2.00 bits per heavy atom. The average molecular weight is 544 g/mol. The number of carbonyl (C=O) groups excluding carboxylic acids is 1. The number of hydrogen-bond acceptors (Lipinski definition) is 7. The normalized spacial score (nSPS) is 23.0. The molecule has 1 amide bonds. The van der Waals surface area contributed by atoms with E-state index in [1.807, 2.05) is 39.8 Å². The molecule has 1 saturated carbocycles. The molecule has 0 unspecified atom stereocenters. The Labute approximate surface area is 235 Å². The molecule has 1 aliphatic heterocycles. The van der Waals surface area contributed by atoms with Gasteiger partial charge in [-0.15, -0.1) is 0 Å². The molecule has 1 aromatic heterocycles. The van der Waals surface area contributed by atoms with Gasteiger partial charge in [-0.25, -0.2) is 4.98 Å². The summed E-state index contributed by atoms with van der Waals surface area (Å²) in [4.78, 5) is 20.7. The van der Waals surface area contributed by atoms with Gasteiger partial charge in [-0.3, -0.25) is 4.79 Å². The first-order valence-corrected chi connectivity index (χ1v) is 14.0. The summed E-state index contributed by atoms with van der Waals surface area (Å²) in [5.74, 6) is 0.579. The lowest BCUT2D eigenvalue weighted by molar-refractivity contribution is -0.0893. The third-order valence-electron chi connectivity index (χ3n) is 8.05. The molecule has 9 heteroatoms. The van der Waals surface area contributed by atoms with Crippen LogP contribution in [0.15, 0.2) is 60.9 Å². The molecule has 5 rings (SSSR count). The molecule has 0 radical (unpaired) electrons. The Hall–Kier alpha value is -3.71.